The first-order valence-corrected chi connectivity index (χ1v) is 5.21. The summed E-state index contributed by atoms with van der Waals surface area (Å²) in [6.45, 7) is 1.70. The van der Waals surface area contributed by atoms with Crippen LogP contribution in [-0.2, 0) is 4.79 Å². The van der Waals surface area contributed by atoms with Crippen LogP contribution in [0.1, 0.15) is 12.8 Å². The monoisotopic (exact) mass is 205 g/mol. The van der Waals surface area contributed by atoms with Crippen LogP contribution in [0.15, 0.2) is 24.5 Å². The fraction of sp³-hybridized carbons (Fsp3) is 0.455. The first-order chi connectivity index (χ1) is 7.27. The van der Waals surface area contributed by atoms with Gasteiger partial charge in [-0.3, -0.25) is 9.78 Å². The highest BCUT2D eigenvalue weighted by molar-refractivity contribution is 5.77. The van der Waals surface area contributed by atoms with Crippen molar-refractivity contribution in [2.24, 2.45) is 11.7 Å². The molecule has 15 heavy (non-hydrogen) atoms. The maximum atomic E-state index is 11.1. The van der Waals surface area contributed by atoms with E-state index in [9.17, 15) is 4.79 Å². The molecule has 80 valence electrons. The van der Waals surface area contributed by atoms with Crippen molar-refractivity contribution in [1.29, 1.82) is 0 Å². The molecule has 0 saturated carbocycles. The second-order valence-corrected chi connectivity index (χ2v) is 3.90. The summed E-state index contributed by atoms with van der Waals surface area (Å²) in [4.78, 5) is 17.4. The minimum atomic E-state index is -0.191. The molecule has 4 nitrogen and oxygen atoms in total. The zero-order valence-corrected chi connectivity index (χ0v) is 8.60. The van der Waals surface area contributed by atoms with Gasteiger partial charge in [0.2, 0.25) is 5.91 Å². The lowest BCUT2D eigenvalue weighted by Crippen LogP contribution is -2.41. The normalized spacial score (nSPS) is 21.3. The van der Waals surface area contributed by atoms with Crippen molar-refractivity contribution in [3.05, 3.63) is 24.5 Å². The molecular weight excluding hydrogens is 190 g/mol. The maximum Gasteiger partial charge on any atom is 0.222 e. The highest BCUT2D eigenvalue weighted by Crippen LogP contribution is 2.21. The van der Waals surface area contributed by atoms with Crippen LogP contribution in [-0.4, -0.2) is 24.0 Å². The Morgan fingerprint density at radius 2 is 2.47 bits per heavy atom. The van der Waals surface area contributed by atoms with Crippen LogP contribution >= 0.6 is 0 Å². The molecule has 0 radical (unpaired) electrons. The van der Waals surface area contributed by atoms with Crippen molar-refractivity contribution in [2.45, 2.75) is 12.8 Å². The van der Waals surface area contributed by atoms with E-state index in [1.165, 1.54) is 0 Å². The fourth-order valence-corrected chi connectivity index (χ4v) is 1.98. The van der Waals surface area contributed by atoms with E-state index < -0.39 is 0 Å². The van der Waals surface area contributed by atoms with Gasteiger partial charge in [-0.05, 0) is 25.0 Å². The predicted molar refractivity (Wildman–Crippen MR) is 58.4 cm³/mol. The summed E-state index contributed by atoms with van der Waals surface area (Å²) in [5.41, 5.74) is 6.40. The molecule has 0 aromatic carbocycles. The molecule has 1 fully saturated rings. The Kier molecular flexibility index (Phi) is 2.85. The molecule has 4 heteroatoms. The van der Waals surface area contributed by atoms with Crippen molar-refractivity contribution in [3.63, 3.8) is 0 Å². The molecule has 1 aliphatic rings. The highest BCUT2D eigenvalue weighted by atomic mass is 16.1. The Morgan fingerprint density at radius 3 is 3.13 bits per heavy atom. The van der Waals surface area contributed by atoms with Crippen LogP contribution in [0.3, 0.4) is 0 Å². The van der Waals surface area contributed by atoms with Gasteiger partial charge in [-0.2, -0.15) is 0 Å². The van der Waals surface area contributed by atoms with Crippen LogP contribution < -0.4 is 10.6 Å². The highest BCUT2D eigenvalue weighted by Gasteiger charge is 2.23. The summed E-state index contributed by atoms with van der Waals surface area (Å²) in [5.74, 6) is -0.206. The average Bonchev–Trinajstić information content (AvgIpc) is 2.30. The third-order valence-corrected chi connectivity index (χ3v) is 2.83. The number of hydrogen-bond acceptors (Lipinski definition) is 3. The molecule has 2 heterocycles. The standard InChI is InChI=1S/C11H15N3O/c12-11(15)9-3-2-6-14(8-9)10-4-1-5-13-7-10/h1,4-5,7,9H,2-3,6,8H2,(H2,12,15). The van der Waals surface area contributed by atoms with E-state index in [1.807, 2.05) is 18.3 Å². The number of amides is 1. The Bertz CT molecular complexity index is 339. The number of pyridine rings is 1. The quantitative estimate of drug-likeness (QED) is 0.776. The number of nitrogens with zero attached hydrogens (tertiary/aromatic N) is 2. The summed E-state index contributed by atoms with van der Waals surface area (Å²) >= 11 is 0. The van der Waals surface area contributed by atoms with Gasteiger partial charge in [-0.15, -0.1) is 0 Å². The van der Waals surface area contributed by atoms with Crippen LogP contribution in [0.25, 0.3) is 0 Å². The lowest BCUT2D eigenvalue weighted by molar-refractivity contribution is -0.122. The lowest BCUT2D eigenvalue weighted by atomic mass is 9.97. The van der Waals surface area contributed by atoms with Crippen molar-refractivity contribution in [3.8, 4) is 0 Å². The number of primary amides is 1. The largest absolute Gasteiger partial charge is 0.369 e. The van der Waals surface area contributed by atoms with Gasteiger partial charge in [0.1, 0.15) is 0 Å². The second kappa shape index (κ2) is 4.29. The van der Waals surface area contributed by atoms with E-state index in [2.05, 4.69) is 9.88 Å². The molecule has 1 atom stereocenters. The van der Waals surface area contributed by atoms with Gasteiger partial charge in [0.05, 0.1) is 17.8 Å². The summed E-state index contributed by atoms with van der Waals surface area (Å²) < 4.78 is 0. The molecule has 0 aliphatic carbocycles. The van der Waals surface area contributed by atoms with Gasteiger partial charge in [-0.25, -0.2) is 0 Å². The molecule has 2 rings (SSSR count). The van der Waals surface area contributed by atoms with Gasteiger partial charge >= 0.3 is 0 Å². The van der Waals surface area contributed by atoms with Crippen molar-refractivity contribution in [2.75, 3.05) is 18.0 Å². The van der Waals surface area contributed by atoms with Crippen molar-refractivity contribution >= 4 is 11.6 Å². The van der Waals surface area contributed by atoms with Crippen LogP contribution in [0, 0.1) is 5.92 Å². The van der Waals surface area contributed by atoms with Gasteiger partial charge < -0.3 is 10.6 Å². The van der Waals surface area contributed by atoms with E-state index in [-0.39, 0.29) is 11.8 Å². The fourth-order valence-electron chi connectivity index (χ4n) is 1.98. The third-order valence-electron chi connectivity index (χ3n) is 2.83. The Morgan fingerprint density at radius 1 is 1.60 bits per heavy atom. The molecule has 1 aromatic rings. The number of carbonyl (C=O) groups is 1. The van der Waals surface area contributed by atoms with Gasteiger partial charge in [0.15, 0.2) is 0 Å². The van der Waals surface area contributed by atoms with E-state index in [0.29, 0.717) is 0 Å². The molecule has 1 unspecified atom stereocenters. The Labute approximate surface area is 89.1 Å². The van der Waals surface area contributed by atoms with E-state index in [0.717, 1.165) is 31.6 Å². The lowest BCUT2D eigenvalue weighted by Gasteiger charge is -2.32. The third kappa shape index (κ3) is 2.26. The average molecular weight is 205 g/mol. The van der Waals surface area contributed by atoms with Crippen LogP contribution in [0.2, 0.25) is 0 Å². The topological polar surface area (TPSA) is 59.2 Å². The molecule has 2 N–H and O–H groups in total. The number of hydrogen-bond donors (Lipinski definition) is 1. The smallest absolute Gasteiger partial charge is 0.222 e. The summed E-state index contributed by atoms with van der Waals surface area (Å²) in [6, 6.07) is 3.92. The molecule has 1 aliphatic heterocycles. The van der Waals surface area contributed by atoms with Crippen LogP contribution in [0.5, 0.6) is 0 Å². The van der Waals surface area contributed by atoms with Crippen molar-refractivity contribution in [1.82, 2.24) is 4.98 Å². The molecule has 1 amide bonds. The first-order valence-electron chi connectivity index (χ1n) is 5.21. The Hall–Kier alpha value is -1.58. The van der Waals surface area contributed by atoms with Crippen LogP contribution in [0.4, 0.5) is 5.69 Å². The maximum absolute atomic E-state index is 11.1. The second-order valence-electron chi connectivity index (χ2n) is 3.90. The first kappa shape index (κ1) is 9.96. The number of rotatable bonds is 2. The number of piperidine rings is 1. The molecule has 0 spiro atoms. The van der Waals surface area contributed by atoms with Gasteiger partial charge in [0, 0.05) is 19.3 Å². The minimum Gasteiger partial charge on any atom is -0.369 e. The van der Waals surface area contributed by atoms with E-state index in [4.69, 9.17) is 5.73 Å². The molecule has 0 bridgehead atoms. The zero-order valence-electron chi connectivity index (χ0n) is 8.60. The molecular formula is C11H15N3O. The number of nitrogens with two attached hydrogens (primary N) is 1. The Balaban J connectivity index is 2.08. The predicted octanol–water partition coefficient (Wildman–Crippen LogP) is 0.783. The minimum absolute atomic E-state index is 0.0149. The summed E-state index contributed by atoms with van der Waals surface area (Å²) in [6.07, 6.45) is 5.50. The van der Waals surface area contributed by atoms with Gasteiger partial charge in [-0.1, -0.05) is 0 Å². The molecule has 1 saturated heterocycles. The number of anilines is 1. The van der Waals surface area contributed by atoms with Gasteiger partial charge in [0.25, 0.3) is 0 Å². The van der Waals surface area contributed by atoms with E-state index >= 15 is 0 Å². The number of aromatic nitrogens is 1. The number of carbonyl (C=O) groups excluding carboxylic acids is 1. The zero-order chi connectivity index (χ0) is 10.7. The van der Waals surface area contributed by atoms with Crippen molar-refractivity contribution < 1.29 is 4.79 Å². The SMILES string of the molecule is NC(=O)C1CCCN(c2cccnc2)C1. The summed E-state index contributed by atoms with van der Waals surface area (Å²) in [7, 11) is 0. The summed E-state index contributed by atoms with van der Waals surface area (Å²) in [5, 5.41) is 0. The van der Waals surface area contributed by atoms with E-state index in [1.54, 1.807) is 6.20 Å². The molecule has 1 aromatic heterocycles.